The summed E-state index contributed by atoms with van der Waals surface area (Å²) < 4.78 is 11.3. The molecule has 4 rings (SSSR count). The molecule has 2 heterocycles. The molecule has 1 aromatic rings. The number of hydrogen-bond donors (Lipinski definition) is 0. The number of Topliss-reactive ketones (excluding diaryl/α,β-unsaturated/α-hetero) is 2. The Labute approximate surface area is 216 Å². The summed E-state index contributed by atoms with van der Waals surface area (Å²) in [6, 6.07) is 3.86. The average molecular weight is 514 g/mol. The smallest absolute Gasteiger partial charge is 0.410 e. The number of fused-ring (bicyclic) bond motifs is 1. The quantitative estimate of drug-likeness (QED) is 0.553. The van der Waals surface area contributed by atoms with E-state index in [2.05, 4.69) is 4.90 Å². The summed E-state index contributed by atoms with van der Waals surface area (Å²) >= 11 is 0. The Bertz CT molecular complexity index is 1090. The van der Waals surface area contributed by atoms with Crippen molar-refractivity contribution in [1.29, 1.82) is 0 Å². The van der Waals surface area contributed by atoms with Gasteiger partial charge in [-0.15, -0.1) is 0 Å². The number of imide groups is 1. The first-order valence-corrected chi connectivity index (χ1v) is 12.9. The van der Waals surface area contributed by atoms with Crippen molar-refractivity contribution < 1.29 is 33.4 Å². The van der Waals surface area contributed by atoms with Crippen molar-refractivity contribution in [1.82, 2.24) is 14.7 Å². The Morgan fingerprint density at radius 2 is 1.65 bits per heavy atom. The normalized spacial score (nSPS) is 21.5. The molecule has 2 fully saturated rings. The molecule has 2 aliphatic heterocycles. The van der Waals surface area contributed by atoms with E-state index in [1.165, 1.54) is 0 Å². The summed E-state index contributed by atoms with van der Waals surface area (Å²) in [6.07, 6.45) is 1.05. The highest BCUT2D eigenvalue weighted by Gasteiger charge is 2.43. The van der Waals surface area contributed by atoms with Crippen molar-refractivity contribution in [2.45, 2.75) is 64.5 Å². The molecule has 37 heavy (non-hydrogen) atoms. The largest absolute Gasteiger partial charge is 0.492 e. The standard InChI is InChI=1S/C27H35N3O7/c1-27(2,3)37-26(35)29-13-11-28(12-14-29)15-16-36-19-8-9-20-21(17-19)25(34)30(24(20)33)22-10-7-18(31)5-4-6-23(22)32/h8-9,17,22H,4-7,10-16H2,1-3H3. The molecule has 10 heteroatoms. The number of benzene rings is 1. The van der Waals surface area contributed by atoms with Gasteiger partial charge in [-0.25, -0.2) is 4.79 Å². The minimum absolute atomic E-state index is 0.0519. The third-order valence-electron chi connectivity index (χ3n) is 6.85. The van der Waals surface area contributed by atoms with Gasteiger partial charge in [0.2, 0.25) is 0 Å². The van der Waals surface area contributed by atoms with Crippen LogP contribution in [0.5, 0.6) is 5.75 Å². The maximum absolute atomic E-state index is 13.1. The van der Waals surface area contributed by atoms with Gasteiger partial charge in [0, 0.05) is 52.0 Å². The van der Waals surface area contributed by atoms with Gasteiger partial charge in [-0.3, -0.25) is 29.0 Å². The van der Waals surface area contributed by atoms with Crippen LogP contribution in [0.2, 0.25) is 0 Å². The summed E-state index contributed by atoms with van der Waals surface area (Å²) in [6.45, 7) is 9.11. The number of carbonyl (C=O) groups excluding carboxylic acids is 5. The minimum atomic E-state index is -0.902. The van der Waals surface area contributed by atoms with Gasteiger partial charge in [0.15, 0.2) is 5.78 Å². The average Bonchev–Trinajstić information content (AvgIpc) is 3.07. The molecule has 3 amide bonds. The molecule has 1 aromatic carbocycles. The number of carbonyl (C=O) groups is 5. The van der Waals surface area contributed by atoms with Crippen molar-refractivity contribution in [2.75, 3.05) is 39.3 Å². The van der Waals surface area contributed by atoms with Crippen LogP contribution in [0, 0.1) is 0 Å². The first kappa shape index (κ1) is 26.8. The first-order valence-electron chi connectivity index (χ1n) is 12.9. The molecule has 1 atom stereocenters. The van der Waals surface area contributed by atoms with Crippen molar-refractivity contribution in [3.8, 4) is 5.75 Å². The van der Waals surface area contributed by atoms with E-state index in [4.69, 9.17) is 9.47 Å². The third kappa shape index (κ3) is 6.36. The minimum Gasteiger partial charge on any atom is -0.492 e. The van der Waals surface area contributed by atoms with Crippen molar-refractivity contribution in [3.05, 3.63) is 29.3 Å². The fourth-order valence-corrected chi connectivity index (χ4v) is 4.87. The van der Waals surface area contributed by atoms with Gasteiger partial charge in [-0.05, 0) is 51.8 Å². The summed E-state index contributed by atoms with van der Waals surface area (Å²) in [4.78, 5) is 67.8. The second kappa shape index (κ2) is 11.0. The highest BCUT2D eigenvalue weighted by atomic mass is 16.6. The first-order chi connectivity index (χ1) is 17.5. The van der Waals surface area contributed by atoms with E-state index in [0.717, 1.165) is 4.90 Å². The van der Waals surface area contributed by atoms with Crippen LogP contribution in [0.1, 0.15) is 73.6 Å². The topological polar surface area (TPSA) is 114 Å². The number of piperazine rings is 1. The predicted octanol–water partition coefficient (Wildman–Crippen LogP) is 2.69. The van der Waals surface area contributed by atoms with Crippen molar-refractivity contribution in [2.24, 2.45) is 0 Å². The molecule has 0 aromatic heterocycles. The Kier molecular flexibility index (Phi) is 7.96. The lowest BCUT2D eigenvalue weighted by Gasteiger charge is -2.35. The van der Waals surface area contributed by atoms with Crippen molar-refractivity contribution >= 4 is 29.5 Å². The van der Waals surface area contributed by atoms with Crippen LogP contribution >= 0.6 is 0 Å². The maximum Gasteiger partial charge on any atom is 0.410 e. The zero-order valence-electron chi connectivity index (χ0n) is 21.8. The highest BCUT2D eigenvalue weighted by Crippen LogP contribution is 2.31. The number of nitrogens with zero attached hydrogens (tertiary/aromatic N) is 3. The molecule has 0 N–H and O–H groups in total. The van der Waals surface area contributed by atoms with E-state index in [0.29, 0.717) is 57.9 Å². The second-order valence-electron chi connectivity index (χ2n) is 10.8. The van der Waals surface area contributed by atoms with Crippen molar-refractivity contribution in [3.63, 3.8) is 0 Å². The van der Waals surface area contributed by atoms with E-state index in [1.807, 2.05) is 20.8 Å². The fraction of sp³-hybridized carbons (Fsp3) is 0.593. The highest BCUT2D eigenvalue weighted by molar-refractivity contribution is 6.23. The van der Waals surface area contributed by atoms with Gasteiger partial charge in [-0.1, -0.05) is 0 Å². The number of ketones is 2. The van der Waals surface area contributed by atoms with Crippen LogP contribution in [-0.2, 0) is 14.3 Å². The molecule has 1 saturated heterocycles. The van der Waals surface area contributed by atoms with E-state index < -0.39 is 23.5 Å². The number of hydrogen-bond acceptors (Lipinski definition) is 8. The lowest BCUT2D eigenvalue weighted by Crippen LogP contribution is -2.50. The van der Waals surface area contributed by atoms with Gasteiger partial charge in [-0.2, -0.15) is 0 Å². The Morgan fingerprint density at radius 3 is 2.35 bits per heavy atom. The Balaban J connectivity index is 1.30. The van der Waals surface area contributed by atoms with Gasteiger partial charge in [0.1, 0.15) is 23.7 Å². The van der Waals surface area contributed by atoms with Crippen LogP contribution in [0.15, 0.2) is 18.2 Å². The van der Waals surface area contributed by atoms with E-state index in [1.54, 1.807) is 23.1 Å². The molecule has 10 nitrogen and oxygen atoms in total. The van der Waals surface area contributed by atoms with Crippen LogP contribution in [-0.4, -0.2) is 95.1 Å². The molecule has 200 valence electrons. The molecule has 0 bridgehead atoms. The zero-order valence-corrected chi connectivity index (χ0v) is 21.8. The molecule has 1 aliphatic carbocycles. The van der Waals surface area contributed by atoms with E-state index in [9.17, 15) is 24.0 Å². The van der Waals surface area contributed by atoms with E-state index in [-0.39, 0.29) is 48.0 Å². The van der Waals surface area contributed by atoms with Crippen LogP contribution in [0.25, 0.3) is 0 Å². The molecular formula is C27H35N3O7. The summed E-state index contributed by atoms with van der Waals surface area (Å²) in [7, 11) is 0. The van der Waals surface area contributed by atoms with Gasteiger partial charge in [0.25, 0.3) is 11.8 Å². The zero-order chi connectivity index (χ0) is 26.7. The third-order valence-corrected chi connectivity index (χ3v) is 6.85. The number of rotatable bonds is 5. The summed E-state index contributed by atoms with van der Waals surface area (Å²) in [5, 5.41) is 0. The molecule has 0 radical (unpaired) electrons. The molecule has 1 saturated carbocycles. The lowest BCUT2D eigenvalue weighted by molar-refractivity contribution is -0.125. The van der Waals surface area contributed by atoms with Crippen LogP contribution in [0.4, 0.5) is 4.79 Å². The monoisotopic (exact) mass is 513 g/mol. The Morgan fingerprint density at radius 1 is 0.946 bits per heavy atom. The lowest BCUT2D eigenvalue weighted by atomic mass is 9.94. The number of amides is 3. The second-order valence-corrected chi connectivity index (χ2v) is 10.8. The molecule has 0 spiro atoms. The Hall–Kier alpha value is -3.27. The SMILES string of the molecule is CC(C)(C)OC(=O)N1CCN(CCOc2ccc3c(c2)C(=O)N(C2CCC(=O)CCCC2=O)C3=O)CC1. The molecule has 1 unspecified atom stereocenters. The molecular weight excluding hydrogens is 478 g/mol. The van der Waals surface area contributed by atoms with Gasteiger partial charge >= 0.3 is 6.09 Å². The summed E-state index contributed by atoms with van der Waals surface area (Å²) in [5.41, 5.74) is -0.0589. The maximum atomic E-state index is 13.1. The summed E-state index contributed by atoms with van der Waals surface area (Å²) in [5.74, 6) is -0.675. The number of ether oxygens (including phenoxy) is 2. The van der Waals surface area contributed by atoms with Crippen LogP contribution < -0.4 is 4.74 Å². The van der Waals surface area contributed by atoms with E-state index >= 15 is 0 Å². The fourth-order valence-electron chi connectivity index (χ4n) is 4.87. The van der Waals surface area contributed by atoms with Gasteiger partial charge in [0.05, 0.1) is 17.2 Å². The van der Waals surface area contributed by atoms with Gasteiger partial charge < -0.3 is 14.4 Å². The van der Waals surface area contributed by atoms with Crippen LogP contribution in [0.3, 0.4) is 0 Å². The predicted molar refractivity (Wildman–Crippen MR) is 134 cm³/mol. The molecule has 3 aliphatic rings.